The Kier molecular flexibility index (Phi) is 5.39. The number of hydrogen-bond donors (Lipinski definition) is 1. The van der Waals surface area contributed by atoms with Gasteiger partial charge in [0.15, 0.2) is 4.67 Å². The molecular formula is C10H13Br2NO2. The van der Waals surface area contributed by atoms with Crippen LogP contribution >= 0.6 is 31.9 Å². The molecule has 1 aromatic heterocycles. The standard InChI is InChI=1S/C10H13Br2NO2/c1-7(2-4-11)6-13-10(14)8-3-5-15-9(8)12/h3,5,7H,2,4,6H2,1H3,(H,13,14). The highest BCUT2D eigenvalue weighted by molar-refractivity contribution is 9.10. The molecule has 15 heavy (non-hydrogen) atoms. The minimum Gasteiger partial charge on any atom is -0.457 e. The topological polar surface area (TPSA) is 42.2 Å². The van der Waals surface area contributed by atoms with E-state index < -0.39 is 0 Å². The molecular weight excluding hydrogens is 326 g/mol. The molecule has 1 heterocycles. The zero-order chi connectivity index (χ0) is 11.3. The molecule has 0 radical (unpaired) electrons. The molecule has 1 amide bonds. The number of rotatable bonds is 5. The molecule has 84 valence electrons. The van der Waals surface area contributed by atoms with Gasteiger partial charge in [-0.25, -0.2) is 0 Å². The Balaban J connectivity index is 2.40. The maximum atomic E-state index is 11.6. The molecule has 1 atom stereocenters. The number of hydrogen-bond acceptors (Lipinski definition) is 2. The lowest BCUT2D eigenvalue weighted by Gasteiger charge is -2.10. The first kappa shape index (κ1) is 12.8. The third kappa shape index (κ3) is 3.99. The van der Waals surface area contributed by atoms with E-state index >= 15 is 0 Å². The van der Waals surface area contributed by atoms with Crippen LogP contribution < -0.4 is 5.32 Å². The van der Waals surface area contributed by atoms with Gasteiger partial charge in [-0.2, -0.15) is 0 Å². The molecule has 3 nitrogen and oxygen atoms in total. The number of carbonyl (C=O) groups is 1. The molecule has 0 bridgehead atoms. The highest BCUT2D eigenvalue weighted by atomic mass is 79.9. The Morgan fingerprint density at radius 2 is 2.40 bits per heavy atom. The number of furan rings is 1. The number of nitrogens with one attached hydrogen (secondary N) is 1. The van der Waals surface area contributed by atoms with Crippen molar-refractivity contribution in [3.8, 4) is 0 Å². The van der Waals surface area contributed by atoms with Crippen molar-refractivity contribution in [2.45, 2.75) is 13.3 Å². The lowest BCUT2D eigenvalue weighted by Crippen LogP contribution is -2.28. The zero-order valence-electron chi connectivity index (χ0n) is 8.43. The summed E-state index contributed by atoms with van der Waals surface area (Å²) in [5.41, 5.74) is 0.543. The van der Waals surface area contributed by atoms with Crippen LogP contribution in [0.3, 0.4) is 0 Å². The van der Waals surface area contributed by atoms with Gasteiger partial charge >= 0.3 is 0 Å². The Labute approximate surface area is 106 Å². The fraction of sp³-hybridized carbons (Fsp3) is 0.500. The van der Waals surface area contributed by atoms with Crippen molar-refractivity contribution in [3.63, 3.8) is 0 Å². The second kappa shape index (κ2) is 6.33. The summed E-state index contributed by atoms with van der Waals surface area (Å²) in [6.45, 7) is 2.79. The van der Waals surface area contributed by atoms with Crippen LogP contribution in [-0.4, -0.2) is 17.8 Å². The minimum absolute atomic E-state index is 0.1000. The zero-order valence-corrected chi connectivity index (χ0v) is 11.6. The molecule has 1 rings (SSSR count). The lowest BCUT2D eigenvalue weighted by atomic mass is 10.1. The smallest absolute Gasteiger partial charge is 0.255 e. The fourth-order valence-electron chi connectivity index (χ4n) is 1.11. The summed E-state index contributed by atoms with van der Waals surface area (Å²) >= 11 is 6.54. The quantitative estimate of drug-likeness (QED) is 0.838. The molecule has 0 aliphatic rings. The largest absolute Gasteiger partial charge is 0.457 e. The molecule has 0 saturated carbocycles. The van der Waals surface area contributed by atoms with Gasteiger partial charge in [-0.3, -0.25) is 4.79 Å². The lowest BCUT2D eigenvalue weighted by molar-refractivity contribution is 0.0946. The van der Waals surface area contributed by atoms with Gasteiger partial charge in [0.2, 0.25) is 0 Å². The molecule has 5 heteroatoms. The highest BCUT2D eigenvalue weighted by Gasteiger charge is 2.12. The van der Waals surface area contributed by atoms with Gasteiger partial charge < -0.3 is 9.73 Å². The van der Waals surface area contributed by atoms with E-state index in [1.807, 2.05) is 0 Å². The van der Waals surface area contributed by atoms with Crippen LogP contribution in [0.2, 0.25) is 0 Å². The van der Waals surface area contributed by atoms with Crippen LogP contribution in [0.1, 0.15) is 23.7 Å². The van der Waals surface area contributed by atoms with E-state index in [2.05, 4.69) is 44.1 Å². The third-order valence-electron chi connectivity index (χ3n) is 2.08. The van der Waals surface area contributed by atoms with Crippen molar-refractivity contribution in [2.75, 3.05) is 11.9 Å². The van der Waals surface area contributed by atoms with Crippen LogP contribution in [0.25, 0.3) is 0 Å². The van der Waals surface area contributed by atoms with Crippen molar-refractivity contribution >= 4 is 37.8 Å². The van der Waals surface area contributed by atoms with Crippen molar-refractivity contribution in [3.05, 3.63) is 22.6 Å². The van der Waals surface area contributed by atoms with Crippen LogP contribution in [0.4, 0.5) is 0 Å². The van der Waals surface area contributed by atoms with Crippen LogP contribution in [0, 0.1) is 5.92 Å². The maximum absolute atomic E-state index is 11.6. The summed E-state index contributed by atoms with van der Waals surface area (Å²) < 4.78 is 5.47. The molecule has 1 aromatic rings. The van der Waals surface area contributed by atoms with Gasteiger partial charge in [0, 0.05) is 11.9 Å². The number of alkyl halides is 1. The Morgan fingerprint density at radius 1 is 1.67 bits per heavy atom. The molecule has 0 aliphatic heterocycles. The first-order valence-corrected chi connectivity index (χ1v) is 6.63. The van der Waals surface area contributed by atoms with Gasteiger partial charge in [0.25, 0.3) is 5.91 Å². The van der Waals surface area contributed by atoms with Gasteiger partial charge in [-0.15, -0.1) is 0 Å². The highest BCUT2D eigenvalue weighted by Crippen LogP contribution is 2.17. The van der Waals surface area contributed by atoms with Gasteiger partial charge in [-0.05, 0) is 34.3 Å². The van der Waals surface area contributed by atoms with E-state index in [1.54, 1.807) is 6.07 Å². The number of amides is 1. The van der Waals surface area contributed by atoms with Crippen molar-refractivity contribution in [1.82, 2.24) is 5.32 Å². The van der Waals surface area contributed by atoms with E-state index in [1.165, 1.54) is 6.26 Å². The minimum atomic E-state index is -0.1000. The first-order valence-electron chi connectivity index (χ1n) is 4.72. The molecule has 0 fully saturated rings. The molecule has 0 aliphatic carbocycles. The van der Waals surface area contributed by atoms with E-state index in [9.17, 15) is 4.79 Å². The summed E-state index contributed by atoms with van der Waals surface area (Å²) in [5.74, 6) is 0.371. The summed E-state index contributed by atoms with van der Waals surface area (Å²) in [7, 11) is 0. The van der Waals surface area contributed by atoms with Gasteiger partial charge in [-0.1, -0.05) is 22.9 Å². The molecule has 0 saturated heterocycles. The monoisotopic (exact) mass is 337 g/mol. The fourth-order valence-corrected chi connectivity index (χ4v) is 2.31. The second-order valence-electron chi connectivity index (χ2n) is 3.40. The van der Waals surface area contributed by atoms with Crippen molar-refractivity contribution in [2.24, 2.45) is 5.92 Å². The average Bonchev–Trinajstić information content (AvgIpc) is 2.61. The Morgan fingerprint density at radius 3 is 2.93 bits per heavy atom. The normalized spacial score (nSPS) is 12.5. The van der Waals surface area contributed by atoms with Crippen LogP contribution in [0.15, 0.2) is 21.4 Å². The summed E-state index contributed by atoms with van der Waals surface area (Å²) in [5, 5.41) is 3.82. The summed E-state index contributed by atoms with van der Waals surface area (Å²) in [6.07, 6.45) is 2.54. The third-order valence-corrected chi connectivity index (χ3v) is 3.15. The van der Waals surface area contributed by atoms with E-state index in [4.69, 9.17) is 4.42 Å². The predicted octanol–water partition coefficient (Wildman–Crippen LogP) is 3.19. The molecule has 0 aromatic carbocycles. The van der Waals surface area contributed by atoms with E-state index in [-0.39, 0.29) is 5.91 Å². The van der Waals surface area contributed by atoms with E-state index in [0.717, 1.165) is 11.8 Å². The Hall–Kier alpha value is -0.290. The van der Waals surface area contributed by atoms with Crippen molar-refractivity contribution in [1.29, 1.82) is 0 Å². The van der Waals surface area contributed by atoms with Crippen LogP contribution in [-0.2, 0) is 0 Å². The van der Waals surface area contributed by atoms with Crippen LogP contribution in [0.5, 0.6) is 0 Å². The summed E-state index contributed by atoms with van der Waals surface area (Å²) in [4.78, 5) is 11.6. The van der Waals surface area contributed by atoms with E-state index in [0.29, 0.717) is 22.7 Å². The Bertz CT molecular complexity index is 325. The number of carbonyl (C=O) groups excluding carboxylic acids is 1. The SMILES string of the molecule is CC(CCBr)CNC(=O)c1ccoc1Br. The second-order valence-corrected chi connectivity index (χ2v) is 4.91. The first-order chi connectivity index (χ1) is 7.15. The maximum Gasteiger partial charge on any atom is 0.255 e. The number of halogens is 2. The van der Waals surface area contributed by atoms with Gasteiger partial charge in [0.05, 0.1) is 11.8 Å². The molecule has 0 spiro atoms. The predicted molar refractivity (Wildman–Crippen MR) is 66.3 cm³/mol. The average molecular weight is 339 g/mol. The van der Waals surface area contributed by atoms with Crippen molar-refractivity contribution < 1.29 is 9.21 Å². The van der Waals surface area contributed by atoms with Gasteiger partial charge in [0.1, 0.15) is 0 Å². The molecule has 1 unspecified atom stereocenters. The molecule has 1 N–H and O–H groups in total. The summed E-state index contributed by atoms with van der Waals surface area (Å²) in [6, 6.07) is 1.65.